The van der Waals surface area contributed by atoms with E-state index < -0.39 is 6.95 Å². The van der Waals surface area contributed by atoms with Gasteiger partial charge >= 0.3 is 6.95 Å². The molecule has 0 atom stereocenters. The molecule has 1 aliphatic rings. The summed E-state index contributed by atoms with van der Waals surface area (Å²) in [5.74, 6) is 0. The van der Waals surface area contributed by atoms with Crippen molar-refractivity contribution in [2.24, 2.45) is 0 Å². The Kier molecular flexibility index (Phi) is 6.14. The molecule has 11 heavy (non-hydrogen) atoms. The van der Waals surface area contributed by atoms with E-state index in [2.05, 4.69) is 16.6 Å². The van der Waals surface area contributed by atoms with Crippen LogP contribution in [0.5, 0.6) is 0 Å². The maximum Gasteiger partial charge on any atom is 0.419 e. The summed E-state index contributed by atoms with van der Waals surface area (Å²) < 4.78 is 14.1. The van der Waals surface area contributed by atoms with Gasteiger partial charge in [0.05, 0.1) is 13.2 Å². The van der Waals surface area contributed by atoms with Gasteiger partial charge in [0.2, 0.25) is 0 Å². The van der Waals surface area contributed by atoms with Crippen LogP contribution in [0.4, 0.5) is 0 Å². The van der Waals surface area contributed by atoms with Crippen LogP contribution in [0.3, 0.4) is 0 Å². The summed E-state index contributed by atoms with van der Waals surface area (Å²) in [5, 5.41) is 3.16. The molecule has 0 aromatic carbocycles. The van der Waals surface area contributed by atoms with Crippen LogP contribution in [-0.4, -0.2) is 36.1 Å². The van der Waals surface area contributed by atoms with Gasteiger partial charge < -0.3 is 19.8 Å². The molecule has 5 nitrogen and oxygen atoms in total. The number of rotatable bonds is 0. The van der Waals surface area contributed by atoms with E-state index in [-0.39, 0.29) is 0 Å². The van der Waals surface area contributed by atoms with Crippen LogP contribution in [0.25, 0.3) is 0 Å². The summed E-state index contributed by atoms with van der Waals surface area (Å²) in [4.78, 5) is 14.8. The summed E-state index contributed by atoms with van der Waals surface area (Å²) in [6, 6.07) is 0. The fraction of sp³-hybridized carbons (Fsp3) is 1.00. The molecule has 0 aromatic rings. The quantitative estimate of drug-likeness (QED) is 0.480. The van der Waals surface area contributed by atoms with Gasteiger partial charge in [-0.3, -0.25) is 0 Å². The minimum Gasteiger partial charge on any atom is -0.379 e. The van der Waals surface area contributed by atoms with Gasteiger partial charge in [0.15, 0.2) is 0 Å². The van der Waals surface area contributed by atoms with Crippen LogP contribution in [0.2, 0.25) is 0 Å². The fourth-order valence-corrected chi connectivity index (χ4v) is 0.516. The third kappa shape index (κ3) is 17.9. The first kappa shape index (κ1) is 11.4. The lowest BCUT2D eigenvalue weighted by Crippen LogP contribution is -2.30. The number of hydrogen-bond acceptors (Lipinski definition) is 3. The van der Waals surface area contributed by atoms with Crippen molar-refractivity contribution >= 4 is 18.2 Å². The average molecular weight is 204 g/mol. The van der Waals surface area contributed by atoms with E-state index in [0.29, 0.717) is 0 Å². The Balaban J connectivity index is 0.000000187. The smallest absolute Gasteiger partial charge is 0.379 e. The van der Waals surface area contributed by atoms with Crippen molar-refractivity contribution in [1.29, 1.82) is 0 Å². The highest BCUT2D eigenvalue weighted by Crippen LogP contribution is 2.39. The molecule has 3 N–H and O–H groups in total. The second-order valence-corrected chi connectivity index (χ2v) is 4.10. The first-order valence-corrected chi connectivity index (χ1v) is 5.55. The zero-order chi connectivity index (χ0) is 8.74. The maximum atomic E-state index is 9.09. The van der Waals surface area contributed by atoms with Gasteiger partial charge in [-0.25, -0.2) is 4.57 Å². The lowest BCUT2D eigenvalue weighted by Gasteiger charge is -2.10. The van der Waals surface area contributed by atoms with Crippen LogP contribution < -0.4 is 5.32 Å². The number of nitrogens with one attached hydrogen (secondary N) is 1. The lowest BCUT2D eigenvalue weighted by atomic mass is 10.5. The average Bonchev–Trinajstić information content (AvgIpc) is 1.88. The molecule has 0 unspecified atom stereocenters. The van der Waals surface area contributed by atoms with E-state index in [1.165, 1.54) is 0 Å². The molecule has 1 aliphatic heterocycles. The highest BCUT2D eigenvalue weighted by molar-refractivity contribution is 7.79. The third-order valence-corrected chi connectivity index (χ3v) is 0.846. The van der Waals surface area contributed by atoms with E-state index >= 15 is 0 Å². The predicted molar refractivity (Wildman–Crippen MR) is 41.6 cm³/mol. The first-order valence-electron chi connectivity index (χ1n) is 3.04. The molecule has 0 radical (unpaired) electrons. The number of halogens is 1. The third-order valence-electron chi connectivity index (χ3n) is 0.846. The Hall–Kier alpha value is 0.360. The Labute approximate surface area is 69.6 Å². The lowest BCUT2D eigenvalue weighted by molar-refractivity contribution is 0.109. The second kappa shape index (κ2) is 5.94. The van der Waals surface area contributed by atoms with Gasteiger partial charge in [-0.05, 0) is 0 Å². The van der Waals surface area contributed by atoms with E-state index in [1.54, 1.807) is 0 Å². The zero-order valence-electron chi connectivity index (χ0n) is 5.86. The first-order chi connectivity index (χ1) is 5.00. The van der Waals surface area contributed by atoms with Crippen molar-refractivity contribution in [3.63, 3.8) is 0 Å². The van der Waals surface area contributed by atoms with Crippen molar-refractivity contribution in [3.05, 3.63) is 0 Å². The van der Waals surface area contributed by atoms with Crippen molar-refractivity contribution < 1.29 is 19.1 Å². The van der Waals surface area contributed by atoms with Gasteiger partial charge in [-0.1, -0.05) is 0 Å². The SMILES string of the molecule is C1COCCN1.O=P(O)(O)Cl. The highest BCUT2D eigenvalue weighted by Gasteiger charge is 2.01. The number of hydrogen-bond donors (Lipinski definition) is 3. The monoisotopic (exact) mass is 203 g/mol. The van der Waals surface area contributed by atoms with Gasteiger partial charge in [0.25, 0.3) is 0 Å². The highest BCUT2D eigenvalue weighted by atomic mass is 35.7. The van der Waals surface area contributed by atoms with Gasteiger partial charge in [-0.2, -0.15) is 0 Å². The van der Waals surface area contributed by atoms with Gasteiger partial charge in [-0.15, -0.1) is 0 Å². The number of ether oxygens (including phenoxy) is 1. The summed E-state index contributed by atoms with van der Waals surface area (Å²) in [6.07, 6.45) is 0. The molecule has 68 valence electrons. The number of morpholine rings is 1. The Morgan fingerprint density at radius 2 is 1.73 bits per heavy atom. The molecule has 1 heterocycles. The minimum absolute atomic E-state index is 0.889. The molecule has 0 amide bonds. The maximum absolute atomic E-state index is 9.09. The fourth-order valence-electron chi connectivity index (χ4n) is 0.516. The summed E-state index contributed by atoms with van der Waals surface area (Å²) in [6.45, 7) is -0.333. The van der Waals surface area contributed by atoms with E-state index in [4.69, 9.17) is 19.1 Å². The molecular formula is C4H11ClNO4P. The molecule has 1 rings (SSSR count). The summed E-state index contributed by atoms with van der Waals surface area (Å²) in [5.41, 5.74) is 0. The summed E-state index contributed by atoms with van der Waals surface area (Å²) >= 11 is 4.20. The molecule has 1 saturated heterocycles. The van der Waals surface area contributed by atoms with E-state index in [9.17, 15) is 0 Å². The van der Waals surface area contributed by atoms with Crippen molar-refractivity contribution in [3.8, 4) is 0 Å². The summed E-state index contributed by atoms with van der Waals surface area (Å²) in [7, 11) is 0. The zero-order valence-corrected chi connectivity index (χ0v) is 7.51. The normalized spacial score (nSPS) is 18.5. The molecule has 0 spiro atoms. The van der Waals surface area contributed by atoms with Gasteiger partial charge in [0.1, 0.15) is 0 Å². The van der Waals surface area contributed by atoms with Gasteiger partial charge in [0, 0.05) is 24.3 Å². The molecule has 0 aliphatic carbocycles. The van der Waals surface area contributed by atoms with Crippen molar-refractivity contribution in [2.45, 2.75) is 0 Å². The minimum atomic E-state index is -4.17. The standard InChI is InChI=1S/C4H9NO.ClH2O3P/c1-3-6-4-2-5-1;1-5(2,3)4/h5H,1-4H2;(H2,2,3,4). The largest absolute Gasteiger partial charge is 0.419 e. The Morgan fingerprint density at radius 3 is 1.82 bits per heavy atom. The van der Waals surface area contributed by atoms with Crippen molar-refractivity contribution in [2.75, 3.05) is 26.3 Å². The van der Waals surface area contributed by atoms with E-state index in [0.717, 1.165) is 26.3 Å². The Bertz CT molecular complexity index is 114. The van der Waals surface area contributed by atoms with Crippen LogP contribution in [-0.2, 0) is 9.30 Å². The molecule has 0 bridgehead atoms. The van der Waals surface area contributed by atoms with Crippen LogP contribution in [0.1, 0.15) is 0 Å². The van der Waals surface area contributed by atoms with Crippen LogP contribution >= 0.6 is 18.2 Å². The molecule has 0 saturated carbocycles. The molecule has 0 aromatic heterocycles. The Morgan fingerprint density at radius 1 is 1.36 bits per heavy atom. The van der Waals surface area contributed by atoms with Crippen LogP contribution in [0, 0.1) is 0 Å². The van der Waals surface area contributed by atoms with E-state index in [1.807, 2.05) is 0 Å². The second-order valence-electron chi connectivity index (χ2n) is 1.84. The molecule has 7 heteroatoms. The topological polar surface area (TPSA) is 78.8 Å². The molecular weight excluding hydrogens is 192 g/mol. The molecule has 1 fully saturated rings. The van der Waals surface area contributed by atoms with Crippen molar-refractivity contribution in [1.82, 2.24) is 5.32 Å². The predicted octanol–water partition coefficient (Wildman–Crippen LogP) is -0.0759. The van der Waals surface area contributed by atoms with Crippen LogP contribution in [0.15, 0.2) is 0 Å².